The molecule has 1 aliphatic heterocycles. The molecule has 1 saturated heterocycles. The second-order valence-electron chi connectivity index (χ2n) is 6.11. The Morgan fingerprint density at radius 1 is 1.43 bits per heavy atom. The Kier molecular flexibility index (Phi) is 6.36. The lowest BCUT2D eigenvalue weighted by Crippen LogP contribution is -2.54. The predicted molar refractivity (Wildman–Crippen MR) is 90.4 cm³/mol. The van der Waals surface area contributed by atoms with E-state index in [1.165, 1.54) is 0 Å². The zero-order chi connectivity index (χ0) is 14.9. The average molecular weight is 352 g/mol. The number of likely N-dealkylation sites (tertiary alicyclic amines) is 1. The molecule has 1 aromatic rings. The van der Waals surface area contributed by atoms with Gasteiger partial charge in [0.05, 0.1) is 6.42 Å². The summed E-state index contributed by atoms with van der Waals surface area (Å²) >= 11 is 12.0. The average Bonchev–Trinajstić information content (AvgIpc) is 2.36. The Morgan fingerprint density at radius 3 is 2.67 bits per heavy atom. The van der Waals surface area contributed by atoms with Crippen molar-refractivity contribution >= 4 is 41.5 Å². The van der Waals surface area contributed by atoms with Crippen LogP contribution in [0.5, 0.6) is 0 Å². The molecule has 1 amide bonds. The van der Waals surface area contributed by atoms with Crippen molar-refractivity contribution in [2.24, 2.45) is 11.1 Å². The minimum absolute atomic E-state index is 0. The fourth-order valence-electron chi connectivity index (χ4n) is 2.53. The van der Waals surface area contributed by atoms with Crippen LogP contribution in [0.25, 0.3) is 0 Å². The first kappa shape index (κ1) is 18.6. The smallest absolute Gasteiger partial charge is 0.227 e. The van der Waals surface area contributed by atoms with Crippen molar-refractivity contribution in [3.05, 3.63) is 33.8 Å². The maximum atomic E-state index is 12.4. The van der Waals surface area contributed by atoms with E-state index in [1.807, 2.05) is 11.0 Å². The summed E-state index contributed by atoms with van der Waals surface area (Å²) in [6, 6.07) is 5.38. The van der Waals surface area contributed by atoms with Gasteiger partial charge >= 0.3 is 0 Å². The van der Waals surface area contributed by atoms with E-state index < -0.39 is 0 Å². The molecule has 1 aromatic carbocycles. The van der Waals surface area contributed by atoms with Crippen LogP contribution in [0, 0.1) is 5.41 Å². The normalized spacial score (nSPS) is 20.8. The van der Waals surface area contributed by atoms with Gasteiger partial charge in [-0.1, -0.05) is 43.1 Å². The molecule has 0 radical (unpaired) electrons. The Hall–Kier alpha value is -0.480. The zero-order valence-corrected chi connectivity index (χ0v) is 14.6. The van der Waals surface area contributed by atoms with Crippen LogP contribution in [0.3, 0.4) is 0 Å². The summed E-state index contributed by atoms with van der Waals surface area (Å²) in [6.45, 7) is 5.62. The number of benzene rings is 1. The van der Waals surface area contributed by atoms with Gasteiger partial charge in [0.2, 0.25) is 5.91 Å². The van der Waals surface area contributed by atoms with E-state index >= 15 is 0 Å². The van der Waals surface area contributed by atoms with Crippen LogP contribution >= 0.6 is 35.6 Å². The number of nitrogens with zero attached hydrogens (tertiary/aromatic N) is 1. The largest absolute Gasteiger partial charge is 0.342 e. The summed E-state index contributed by atoms with van der Waals surface area (Å²) in [7, 11) is 0. The first-order valence-electron chi connectivity index (χ1n) is 6.77. The lowest BCUT2D eigenvalue weighted by atomic mass is 9.79. The molecule has 0 aromatic heterocycles. The number of amides is 1. The molecule has 1 heterocycles. The van der Waals surface area contributed by atoms with Crippen LogP contribution in [0.15, 0.2) is 18.2 Å². The van der Waals surface area contributed by atoms with E-state index in [9.17, 15) is 4.79 Å². The summed E-state index contributed by atoms with van der Waals surface area (Å²) < 4.78 is 0. The summed E-state index contributed by atoms with van der Waals surface area (Å²) in [5.41, 5.74) is 6.86. The molecule has 2 rings (SSSR count). The third-order valence-electron chi connectivity index (χ3n) is 4.02. The van der Waals surface area contributed by atoms with Gasteiger partial charge in [0.15, 0.2) is 0 Å². The molecule has 0 saturated carbocycles. The number of halogens is 3. The molecule has 1 unspecified atom stereocenters. The second kappa shape index (κ2) is 7.19. The quantitative estimate of drug-likeness (QED) is 0.886. The maximum Gasteiger partial charge on any atom is 0.227 e. The first-order valence-corrected chi connectivity index (χ1v) is 7.52. The number of piperidine rings is 1. The van der Waals surface area contributed by atoms with Gasteiger partial charge in [-0.05, 0) is 29.5 Å². The van der Waals surface area contributed by atoms with Crippen molar-refractivity contribution in [2.75, 3.05) is 13.1 Å². The highest BCUT2D eigenvalue weighted by Gasteiger charge is 2.35. The highest BCUT2D eigenvalue weighted by molar-refractivity contribution is 6.35. The van der Waals surface area contributed by atoms with E-state index in [1.54, 1.807) is 12.1 Å². The molecule has 3 nitrogen and oxygen atoms in total. The lowest BCUT2D eigenvalue weighted by molar-refractivity contribution is -0.133. The summed E-state index contributed by atoms with van der Waals surface area (Å²) in [5, 5.41) is 1.12. The van der Waals surface area contributed by atoms with E-state index in [4.69, 9.17) is 28.9 Å². The van der Waals surface area contributed by atoms with Crippen LogP contribution in [-0.2, 0) is 11.2 Å². The van der Waals surface area contributed by atoms with Gasteiger partial charge < -0.3 is 10.6 Å². The molecular weight excluding hydrogens is 331 g/mol. The molecule has 1 atom stereocenters. The number of hydrogen-bond donors (Lipinski definition) is 1. The van der Waals surface area contributed by atoms with Gasteiger partial charge in [-0.2, -0.15) is 0 Å². The van der Waals surface area contributed by atoms with Gasteiger partial charge in [0.25, 0.3) is 0 Å². The number of carbonyl (C=O) groups excluding carboxylic acids is 1. The van der Waals surface area contributed by atoms with Crippen molar-refractivity contribution in [3.8, 4) is 0 Å². The van der Waals surface area contributed by atoms with Crippen LogP contribution < -0.4 is 5.73 Å². The highest BCUT2D eigenvalue weighted by Crippen LogP contribution is 2.28. The summed E-state index contributed by atoms with van der Waals surface area (Å²) in [6.07, 6.45) is 1.15. The van der Waals surface area contributed by atoms with Gasteiger partial charge in [0, 0.05) is 29.2 Å². The fourth-order valence-corrected chi connectivity index (χ4v) is 3.00. The predicted octanol–water partition coefficient (Wildman–Crippen LogP) is 3.54. The Labute approximate surface area is 142 Å². The van der Waals surface area contributed by atoms with Gasteiger partial charge in [-0.15, -0.1) is 12.4 Å². The minimum Gasteiger partial charge on any atom is -0.342 e. The molecule has 21 heavy (non-hydrogen) atoms. The van der Waals surface area contributed by atoms with Crippen LogP contribution in [-0.4, -0.2) is 29.9 Å². The van der Waals surface area contributed by atoms with Crippen molar-refractivity contribution < 1.29 is 4.79 Å². The summed E-state index contributed by atoms with van der Waals surface area (Å²) in [5.74, 6) is 0.0918. The third kappa shape index (κ3) is 4.49. The highest BCUT2D eigenvalue weighted by atomic mass is 35.5. The van der Waals surface area contributed by atoms with Gasteiger partial charge in [0.1, 0.15) is 0 Å². The van der Waals surface area contributed by atoms with Crippen molar-refractivity contribution in [1.29, 1.82) is 0 Å². The minimum atomic E-state index is -0.0439. The van der Waals surface area contributed by atoms with Gasteiger partial charge in [-0.25, -0.2) is 0 Å². The van der Waals surface area contributed by atoms with E-state index in [0.717, 1.165) is 12.0 Å². The Bertz CT molecular complexity index is 520. The van der Waals surface area contributed by atoms with E-state index in [-0.39, 0.29) is 29.8 Å². The number of hydrogen-bond acceptors (Lipinski definition) is 2. The van der Waals surface area contributed by atoms with Crippen molar-refractivity contribution in [2.45, 2.75) is 32.7 Å². The van der Waals surface area contributed by atoms with Crippen LogP contribution in [0.4, 0.5) is 0 Å². The zero-order valence-electron chi connectivity index (χ0n) is 12.2. The molecule has 0 spiro atoms. The third-order valence-corrected chi connectivity index (χ3v) is 4.61. The standard InChI is InChI=1S/C15H20Cl2N2O.ClH/c1-15(2)9-19(6-5-13(15)18)14(20)7-10-3-4-11(16)8-12(10)17;/h3-4,8,13H,5-7,9,18H2,1-2H3;1H. The monoisotopic (exact) mass is 350 g/mol. The molecule has 1 fully saturated rings. The molecule has 0 aliphatic carbocycles. The molecule has 6 heteroatoms. The van der Waals surface area contributed by atoms with Crippen LogP contribution in [0.1, 0.15) is 25.8 Å². The van der Waals surface area contributed by atoms with E-state index in [2.05, 4.69) is 13.8 Å². The molecular formula is C15H21Cl3N2O. The molecule has 1 aliphatic rings. The van der Waals surface area contributed by atoms with E-state index in [0.29, 0.717) is 29.6 Å². The number of rotatable bonds is 2. The Morgan fingerprint density at radius 2 is 2.10 bits per heavy atom. The number of nitrogens with two attached hydrogens (primary N) is 1. The fraction of sp³-hybridized carbons (Fsp3) is 0.533. The SMILES string of the molecule is CC1(C)CN(C(=O)Cc2ccc(Cl)cc2Cl)CCC1N.Cl. The number of carbonyl (C=O) groups is 1. The molecule has 118 valence electrons. The topological polar surface area (TPSA) is 46.3 Å². The lowest BCUT2D eigenvalue weighted by Gasteiger charge is -2.42. The molecule has 2 N–H and O–H groups in total. The molecule has 0 bridgehead atoms. The van der Waals surface area contributed by atoms with Gasteiger partial charge in [-0.3, -0.25) is 4.79 Å². The maximum absolute atomic E-state index is 12.4. The first-order chi connectivity index (χ1) is 9.29. The Balaban J connectivity index is 0.00000220. The summed E-state index contributed by atoms with van der Waals surface area (Å²) in [4.78, 5) is 14.3. The van der Waals surface area contributed by atoms with Crippen molar-refractivity contribution in [1.82, 2.24) is 4.90 Å². The second-order valence-corrected chi connectivity index (χ2v) is 6.96. The van der Waals surface area contributed by atoms with Crippen molar-refractivity contribution in [3.63, 3.8) is 0 Å². The van der Waals surface area contributed by atoms with Crippen LogP contribution in [0.2, 0.25) is 10.0 Å².